The van der Waals surface area contributed by atoms with E-state index in [1.807, 2.05) is 12.3 Å². The molecule has 3 rings (SSSR count). The number of hydrogen-bond donors (Lipinski definition) is 0. The first-order chi connectivity index (χ1) is 10.3. The standard InChI is InChI=1S/C18H21N3/c1-15-5-7-16(8-6-15)9-10-17-11-12-19-18(20-17)21-13-3-2-4-14-21/h5-12H,2-4,13-14H2,1H3/b10-9+. The first-order valence-corrected chi connectivity index (χ1v) is 7.64. The normalized spacial score (nSPS) is 15.6. The van der Waals surface area contributed by atoms with Gasteiger partial charge in [0, 0.05) is 19.3 Å². The summed E-state index contributed by atoms with van der Waals surface area (Å²) in [6.45, 7) is 4.25. The van der Waals surface area contributed by atoms with Crippen molar-refractivity contribution in [3.8, 4) is 0 Å². The fourth-order valence-electron chi connectivity index (χ4n) is 2.56. The van der Waals surface area contributed by atoms with E-state index in [4.69, 9.17) is 0 Å². The third-order valence-electron chi connectivity index (χ3n) is 3.83. The lowest BCUT2D eigenvalue weighted by Gasteiger charge is -2.26. The van der Waals surface area contributed by atoms with Gasteiger partial charge < -0.3 is 4.90 Å². The first kappa shape index (κ1) is 13.8. The molecule has 1 saturated heterocycles. The summed E-state index contributed by atoms with van der Waals surface area (Å²) in [6.07, 6.45) is 9.82. The van der Waals surface area contributed by atoms with Gasteiger partial charge in [-0.25, -0.2) is 9.97 Å². The molecule has 0 unspecified atom stereocenters. The summed E-state index contributed by atoms with van der Waals surface area (Å²) in [6, 6.07) is 10.5. The van der Waals surface area contributed by atoms with E-state index in [0.717, 1.165) is 24.7 Å². The molecule has 1 fully saturated rings. The Bertz CT molecular complexity index is 611. The van der Waals surface area contributed by atoms with Gasteiger partial charge in [-0.3, -0.25) is 0 Å². The molecule has 0 bridgehead atoms. The van der Waals surface area contributed by atoms with Crippen LogP contribution < -0.4 is 4.90 Å². The molecule has 0 atom stereocenters. The molecule has 0 radical (unpaired) electrons. The van der Waals surface area contributed by atoms with Gasteiger partial charge in [-0.05, 0) is 43.9 Å². The van der Waals surface area contributed by atoms with Crippen LogP contribution in [0.5, 0.6) is 0 Å². The molecule has 2 heterocycles. The van der Waals surface area contributed by atoms with Crippen LogP contribution in [0.3, 0.4) is 0 Å². The lowest BCUT2D eigenvalue weighted by atomic mass is 10.1. The molecule has 0 N–H and O–H groups in total. The summed E-state index contributed by atoms with van der Waals surface area (Å²) in [5.74, 6) is 0.862. The average molecular weight is 279 g/mol. The van der Waals surface area contributed by atoms with E-state index in [1.165, 1.54) is 30.4 Å². The molecule has 0 aliphatic carbocycles. The number of aromatic nitrogens is 2. The fourth-order valence-corrected chi connectivity index (χ4v) is 2.56. The second kappa shape index (κ2) is 6.53. The number of piperidine rings is 1. The summed E-state index contributed by atoms with van der Waals surface area (Å²) in [5.41, 5.74) is 3.44. The molecule has 0 saturated carbocycles. The topological polar surface area (TPSA) is 29.0 Å². The predicted molar refractivity (Wildman–Crippen MR) is 88.2 cm³/mol. The lowest BCUT2D eigenvalue weighted by Crippen LogP contribution is -2.31. The summed E-state index contributed by atoms with van der Waals surface area (Å²) in [5, 5.41) is 0. The van der Waals surface area contributed by atoms with Crippen molar-refractivity contribution in [1.29, 1.82) is 0 Å². The molecule has 1 aromatic carbocycles. The summed E-state index contributed by atoms with van der Waals surface area (Å²) < 4.78 is 0. The molecule has 1 aliphatic rings. The Labute approximate surface area is 126 Å². The molecule has 3 nitrogen and oxygen atoms in total. The van der Waals surface area contributed by atoms with E-state index in [-0.39, 0.29) is 0 Å². The van der Waals surface area contributed by atoms with Gasteiger partial charge in [0.15, 0.2) is 0 Å². The second-order valence-electron chi connectivity index (χ2n) is 5.57. The van der Waals surface area contributed by atoms with Crippen molar-refractivity contribution in [2.24, 2.45) is 0 Å². The number of nitrogens with zero attached hydrogens (tertiary/aromatic N) is 3. The number of anilines is 1. The number of hydrogen-bond acceptors (Lipinski definition) is 3. The quantitative estimate of drug-likeness (QED) is 0.852. The zero-order valence-corrected chi connectivity index (χ0v) is 12.5. The Morgan fingerprint density at radius 2 is 1.71 bits per heavy atom. The highest BCUT2D eigenvalue weighted by molar-refractivity contribution is 5.68. The van der Waals surface area contributed by atoms with Crippen molar-refractivity contribution in [3.63, 3.8) is 0 Å². The van der Waals surface area contributed by atoms with Gasteiger partial charge in [0.1, 0.15) is 0 Å². The van der Waals surface area contributed by atoms with Gasteiger partial charge in [-0.2, -0.15) is 0 Å². The van der Waals surface area contributed by atoms with Gasteiger partial charge in [-0.1, -0.05) is 35.9 Å². The maximum absolute atomic E-state index is 4.66. The number of aryl methyl sites for hydroxylation is 1. The van der Waals surface area contributed by atoms with E-state index in [0.29, 0.717) is 0 Å². The first-order valence-electron chi connectivity index (χ1n) is 7.64. The zero-order chi connectivity index (χ0) is 14.5. The third kappa shape index (κ3) is 3.69. The largest absolute Gasteiger partial charge is 0.341 e. The monoisotopic (exact) mass is 279 g/mol. The molecule has 1 aromatic heterocycles. The molecule has 1 aliphatic heterocycles. The van der Waals surface area contributed by atoms with Crippen LogP contribution in [0, 0.1) is 6.92 Å². The van der Waals surface area contributed by atoms with Crippen molar-refractivity contribution in [3.05, 3.63) is 53.3 Å². The lowest BCUT2D eigenvalue weighted by molar-refractivity contribution is 0.568. The van der Waals surface area contributed by atoms with E-state index in [2.05, 4.69) is 58.2 Å². The van der Waals surface area contributed by atoms with Crippen LogP contribution in [0.2, 0.25) is 0 Å². The highest BCUT2D eigenvalue weighted by Gasteiger charge is 2.12. The van der Waals surface area contributed by atoms with Gasteiger partial charge in [0.25, 0.3) is 0 Å². The highest BCUT2D eigenvalue weighted by Crippen LogP contribution is 2.16. The van der Waals surface area contributed by atoms with Crippen molar-refractivity contribution >= 4 is 18.1 Å². The Hall–Kier alpha value is -2.16. The maximum atomic E-state index is 4.66. The second-order valence-corrected chi connectivity index (χ2v) is 5.57. The van der Waals surface area contributed by atoms with Crippen molar-refractivity contribution < 1.29 is 0 Å². The van der Waals surface area contributed by atoms with Crippen LogP contribution in [0.4, 0.5) is 5.95 Å². The van der Waals surface area contributed by atoms with Crippen molar-refractivity contribution in [1.82, 2.24) is 9.97 Å². The highest BCUT2D eigenvalue weighted by atomic mass is 15.2. The molecule has 0 amide bonds. The van der Waals surface area contributed by atoms with Crippen LogP contribution in [-0.2, 0) is 0 Å². The maximum Gasteiger partial charge on any atom is 0.225 e. The Morgan fingerprint density at radius 3 is 2.48 bits per heavy atom. The van der Waals surface area contributed by atoms with Crippen molar-refractivity contribution in [2.75, 3.05) is 18.0 Å². The van der Waals surface area contributed by atoms with Gasteiger partial charge in [0.2, 0.25) is 5.95 Å². The Morgan fingerprint density at radius 1 is 0.952 bits per heavy atom. The Kier molecular flexibility index (Phi) is 4.29. The average Bonchev–Trinajstić information content (AvgIpc) is 2.55. The van der Waals surface area contributed by atoms with E-state index in [9.17, 15) is 0 Å². The molecular weight excluding hydrogens is 258 g/mol. The van der Waals surface area contributed by atoms with E-state index in [1.54, 1.807) is 0 Å². The molecule has 108 valence electrons. The van der Waals surface area contributed by atoms with E-state index < -0.39 is 0 Å². The van der Waals surface area contributed by atoms with Gasteiger partial charge in [0.05, 0.1) is 5.69 Å². The minimum atomic E-state index is 0.862. The summed E-state index contributed by atoms with van der Waals surface area (Å²) in [7, 11) is 0. The van der Waals surface area contributed by atoms with Gasteiger partial charge >= 0.3 is 0 Å². The summed E-state index contributed by atoms with van der Waals surface area (Å²) in [4.78, 5) is 11.4. The smallest absolute Gasteiger partial charge is 0.225 e. The number of rotatable bonds is 3. The predicted octanol–water partition coefficient (Wildman–Crippen LogP) is 3.95. The zero-order valence-electron chi connectivity index (χ0n) is 12.5. The van der Waals surface area contributed by atoms with Crippen molar-refractivity contribution in [2.45, 2.75) is 26.2 Å². The van der Waals surface area contributed by atoms with Crippen LogP contribution in [0.1, 0.15) is 36.1 Å². The SMILES string of the molecule is Cc1ccc(/C=C/c2ccnc(N3CCCCC3)n2)cc1. The summed E-state index contributed by atoms with van der Waals surface area (Å²) >= 11 is 0. The van der Waals surface area contributed by atoms with Crippen LogP contribution in [0.25, 0.3) is 12.2 Å². The van der Waals surface area contributed by atoms with Crippen LogP contribution in [0.15, 0.2) is 36.5 Å². The fraction of sp³-hybridized carbons (Fsp3) is 0.333. The minimum Gasteiger partial charge on any atom is -0.341 e. The molecular formula is C18H21N3. The third-order valence-corrected chi connectivity index (χ3v) is 3.83. The molecule has 0 spiro atoms. The Balaban J connectivity index is 1.74. The molecule has 21 heavy (non-hydrogen) atoms. The molecule has 2 aromatic rings. The van der Waals surface area contributed by atoms with Gasteiger partial charge in [-0.15, -0.1) is 0 Å². The van der Waals surface area contributed by atoms with Crippen LogP contribution >= 0.6 is 0 Å². The molecule has 3 heteroatoms. The van der Waals surface area contributed by atoms with E-state index >= 15 is 0 Å². The van der Waals surface area contributed by atoms with Crippen LogP contribution in [-0.4, -0.2) is 23.1 Å². The minimum absolute atomic E-state index is 0.862. The number of benzene rings is 1.